The predicted molar refractivity (Wildman–Crippen MR) is 146 cm³/mol. The van der Waals surface area contributed by atoms with Crippen LogP contribution in [-0.2, 0) is 6.42 Å². The van der Waals surface area contributed by atoms with E-state index in [-0.39, 0.29) is 5.91 Å². The highest BCUT2D eigenvalue weighted by Gasteiger charge is 2.15. The second-order valence-electron chi connectivity index (χ2n) is 8.55. The number of ether oxygens (including phenoxy) is 2. The fourth-order valence-electron chi connectivity index (χ4n) is 4.25. The average Bonchev–Trinajstić information content (AvgIpc) is 2.97. The lowest BCUT2D eigenvalue weighted by Gasteiger charge is -2.12. The number of methoxy groups -OCH3 is 2. The molecule has 0 radical (unpaired) electrons. The van der Waals surface area contributed by atoms with Crippen molar-refractivity contribution < 1.29 is 14.3 Å². The number of nitrogens with zero attached hydrogens (tertiary/aromatic N) is 2. The number of nitrogens with one attached hydrogen (secondary N) is 1. The van der Waals surface area contributed by atoms with Gasteiger partial charge in [0.25, 0.3) is 5.91 Å². The van der Waals surface area contributed by atoms with Crippen molar-refractivity contribution in [1.82, 2.24) is 15.3 Å². The molecular formula is C31H27N3O3. The van der Waals surface area contributed by atoms with Crippen molar-refractivity contribution in [2.24, 2.45) is 0 Å². The first-order chi connectivity index (χ1) is 18.2. The first-order valence-corrected chi connectivity index (χ1v) is 12.1. The predicted octanol–water partition coefficient (Wildman–Crippen LogP) is 5.95. The number of benzene rings is 4. The summed E-state index contributed by atoms with van der Waals surface area (Å²) in [6, 6.07) is 31.2. The summed E-state index contributed by atoms with van der Waals surface area (Å²) in [6.45, 7) is 0.486. The molecule has 1 heterocycles. The Kier molecular flexibility index (Phi) is 7.08. The van der Waals surface area contributed by atoms with Crippen molar-refractivity contribution >= 4 is 16.9 Å². The monoisotopic (exact) mass is 489 g/mol. The summed E-state index contributed by atoms with van der Waals surface area (Å²) in [5, 5.41) is 3.00. The molecular weight excluding hydrogens is 462 g/mol. The SMILES string of the molecule is COc1ccc(CCNC(=O)c2ccc3nc(-c4ccccc4)c(-c4ccccc4)nc3c2)cc1OC. The minimum absolute atomic E-state index is 0.155. The molecule has 1 N–H and O–H groups in total. The van der Waals surface area contributed by atoms with Gasteiger partial charge in [0.15, 0.2) is 11.5 Å². The van der Waals surface area contributed by atoms with E-state index in [1.807, 2.05) is 84.9 Å². The topological polar surface area (TPSA) is 73.3 Å². The van der Waals surface area contributed by atoms with Crippen LogP contribution in [0.2, 0.25) is 0 Å². The Bertz CT molecular complexity index is 1540. The second-order valence-corrected chi connectivity index (χ2v) is 8.55. The van der Waals surface area contributed by atoms with Crippen LogP contribution in [0.4, 0.5) is 0 Å². The molecule has 0 aliphatic heterocycles. The summed E-state index contributed by atoms with van der Waals surface area (Å²) in [4.78, 5) is 22.8. The van der Waals surface area contributed by atoms with Crippen LogP contribution in [0.25, 0.3) is 33.5 Å². The van der Waals surface area contributed by atoms with Crippen LogP contribution in [0, 0.1) is 0 Å². The Morgan fingerprint density at radius 1 is 0.703 bits per heavy atom. The van der Waals surface area contributed by atoms with Crippen molar-refractivity contribution in [2.75, 3.05) is 20.8 Å². The molecule has 0 saturated heterocycles. The van der Waals surface area contributed by atoms with Gasteiger partial charge < -0.3 is 14.8 Å². The van der Waals surface area contributed by atoms with Gasteiger partial charge in [0.2, 0.25) is 0 Å². The number of rotatable bonds is 8. The van der Waals surface area contributed by atoms with Crippen LogP contribution in [0.15, 0.2) is 97.1 Å². The molecule has 0 atom stereocenters. The minimum Gasteiger partial charge on any atom is -0.493 e. The van der Waals surface area contributed by atoms with E-state index in [4.69, 9.17) is 19.4 Å². The molecule has 5 rings (SSSR count). The smallest absolute Gasteiger partial charge is 0.251 e. The van der Waals surface area contributed by atoms with E-state index in [0.29, 0.717) is 35.5 Å². The van der Waals surface area contributed by atoms with Gasteiger partial charge in [-0.25, -0.2) is 9.97 Å². The molecule has 4 aromatic carbocycles. The Hall–Kier alpha value is -4.71. The molecule has 37 heavy (non-hydrogen) atoms. The van der Waals surface area contributed by atoms with Crippen LogP contribution in [-0.4, -0.2) is 36.6 Å². The first-order valence-electron chi connectivity index (χ1n) is 12.1. The van der Waals surface area contributed by atoms with Gasteiger partial charge in [-0.1, -0.05) is 66.7 Å². The van der Waals surface area contributed by atoms with Gasteiger partial charge in [-0.2, -0.15) is 0 Å². The summed E-state index contributed by atoms with van der Waals surface area (Å²) < 4.78 is 10.7. The summed E-state index contributed by atoms with van der Waals surface area (Å²) in [6.07, 6.45) is 0.665. The van der Waals surface area contributed by atoms with Crippen LogP contribution >= 0.6 is 0 Å². The normalized spacial score (nSPS) is 10.8. The van der Waals surface area contributed by atoms with Gasteiger partial charge in [0.1, 0.15) is 0 Å². The number of hydrogen-bond acceptors (Lipinski definition) is 5. The lowest BCUT2D eigenvalue weighted by atomic mass is 10.0. The Balaban J connectivity index is 1.39. The third-order valence-corrected chi connectivity index (χ3v) is 6.17. The van der Waals surface area contributed by atoms with E-state index in [1.165, 1.54) is 0 Å². The highest BCUT2D eigenvalue weighted by Crippen LogP contribution is 2.31. The van der Waals surface area contributed by atoms with Crippen LogP contribution in [0.5, 0.6) is 11.5 Å². The van der Waals surface area contributed by atoms with Gasteiger partial charge in [0, 0.05) is 23.2 Å². The molecule has 0 bridgehead atoms. The molecule has 0 saturated carbocycles. The molecule has 1 aromatic heterocycles. The fraction of sp³-hybridized carbons (Fsp3) is 0.129. The van der Waals surface area contributed by atoms with Gasteiger partial charge in [0.05, 0.1) is 36.6 Å². The van der Waals surface area contributed by atoms with Crippen molar-refractivity contribution in [2.45, 2.75) is 6.42 Å². The molecule has 184 valence electrons. The third kappa shape index (κ3) is 5.28. The zero-order valence-electron chi connectivity index (χ0n) is 20.8. The summed E-state index contributed by atoms with van der Waals surface area (Å²) in [5.41, 5.74) is 6.56. The Morgan fingerprint density at radius 2 is 1.32 bits per heavy atom. The number of carbonyl (C=O) groups is 1. The third-order valence-electron chi connectivity index (χ3n) is 6.17. The van der Waals surface area contributed by atoms with Gasteiger partial charge in [-0.05, 0) is 42.3 Å². The van der Waals surface area contributed by atoms with Crippen LogP contribution < -0.4 is 14.8 Å². The molecule has 0 aliphatic rings. The van der Waals surface area contributed by atoms with E-state index >= 15 is 0 Å². The van der Waals surface area contributed by atoms with Crippen molar-refractivity contribution in [3.63, 3.8) is 0 Å². The second kappa shape index (κ2) is 10.9. The highest BCUT2D eigenvalue weighted by atomic mass is 16.5. The molecule has 0 aliphatic carbocycles. The maximum Gasteiger partial charge on any atom is 0.251 e. The van der Waals surface area contributed by atoms with E-state index in [1.54, 1.807) is 26.4 Å². The Labute approximate surface area is 215 Å². The number of hydrogen-bond donors (Lipinski definition) is 1. The molecule has 0 unspecified atom stereocenters. The molecule has 6 nitrogen and oxygen atoms in total. The maximum absolute atomic E-state index is 12.9. The van der Waals surface area contributed by atoms with Crippen molar-refractivity contribution in [1.29, 1.82) is 0 Å². The molecule has 0 spiro atoms. The zero-order chi connectivity index (χ0) is 25.6. The van der Waals surface area contributed by atoms with E-state index in [9.17, 15) is 4.79 Å². The van der Waals surface area contributed by atoms with Gasteiger partial charge >= 0.3 is 0 Å². The quantitative estimate of drug-likeness (QED) is 0.291. The Morgan fingerprint density at radius 3 is 1.95 bits per heavy atom. The van der Waals surface area contributed by atoms with E-state index < -0.39 is 0 Å². The van der Waals surface area contributed by atoms with Gasteiger partial charge in [-0.3, -0.25) is 4.79 Å². The van der Waals surface area contributed by atoms with Crippen LogP contribution in [0.3, 0.4) is 0 Å². The number of aromatic nitrogens is 2. The number of carbonyl (C=O) groups excluding carboxylic acids is 1. The van der Waals surface area contributed by atoms with Gasteiger partial charge in [-0.15, -0.1) is 0 Å². The average molecular weight is 490 g/mol. The van der Waals surface area contributed by atoms with E-state index in [2.05, 4.69) is 5.32 Å². The standard InChI is InChI=1S/C31H27N3O3/c1-36-27-16-13-21(19-28(27)37-2)17-18-32-31(35)24-14-15-25-26(20-24)34-30(23-11-7-4-8-12-23)29(33-25)22-9-5-3-6-10-22/h3-16,19-20H,17-18H2,1-2H3,(H,32,35). The molecule has 6 heteroatoms. The highest BCUT2D eigenvalue weighted by molar-refractivity contribution is 5.98. The molecule has 5 aromatic rings. The summed E-state index contributed by atoms with van der Waals surface area (Å²) >= 11 is 0. The molecule has 0 fully saturated rings. The number of fused-ring (bicyclic) bond motifs is 1. The summed E-state index contributed by atoms with van der Waals surface area (Å²) in [5.74, 6) is 1.19. The minimum atomic E-state index is -0.155. The number of amides is 1. The first kappa shape index (κ1) is 24.0. The summed E-state index contributed by atoms with van der Waals surface area (Å²) in [7, 11) is 3.22. The van der Waals surface area contributed by atoms with E-state index in [0.717, 1.165) is 33.6 Å². The fourth-order valence-corrected chi connectivity index (χ4v) is 4.25. The van der Waals surface area contributed by atoms with Crippen molar-refractivity contribution in [3.8, 4) is 34.0 Å². The lowest BCUT2D eigenvalue weighted by molar-refractivity contribution is 0.0954. The largest absolute Gasteiger partial charge is 0.493 e. The van der Waals surface area contributed by atoms with Crippen LogP contribution in [0.1, 0.15) is 15.9 Å². The van der Waals surface area contributed by atoms with Crippen molar-refractivity contribution in [3.05, 3.63) is 108 Å². The maximum atomic E-state index is 12.9. The zero-order valence-corrected chi connectivity index (χ0v) is 20.8. The molecule has 1 amide bonds. The lowest BCUT2D eigenvalue weighted by Crippen LogP contribution is -2.25.